The van der Waals surface area contributed by atoms with Gasteiger partial charge in [-0.25, -0.2) is 27.7 Å². The summed E-state index contributed by atoms with van der Waals surface area (Å²) in [5.74, 6) is 0.831. The molecule has 0 aliphatic carbocycles. The Bertz CT molecular complexity index is 1630. The Morgan fingerprint density at radius 1 is 0.920 bits per heavy atom. The van der Waals surface area contributed by atoms with E-state index < -0.39 is 60.2 Å². The fourth-order valence-electron chi connectivity index (χ4n) is 3.93. The van der Waals surface area contributed by atoms with Crippen molar-refractivity contribution in [3.63, 3.8) is 0 Å². The van der Waals surface area contributed by atoms with Crippen molar-refractivity contribution in [2.75, 3.05) is 34.5 Å². The van der Waals surface area contributed by atoms with Crippen LogP contribution in [0.2, 0.25) is 0 Å². The van der Waals surface area contributed by atoms with E-state index in [-0.39, 0.29) is 31.9 Å². The van der Waals surface area contributed by atoms with Crippen LogP contribution in [0.1, 0.15) is 47.1 Å². The Balaban J connectivity index is 0.000000963. The summed E-state index contributed by atoms with van der Waals surface area (Å²) in [7, 11) is -1.17. The van der Waals surface area contributed by atoms with Crippen LogP contribution in [0.3, 0.4) is 0 Å². The molecule has 1 saturated heterocycles. The average molecular weight is 844 g/mol. The molecule has 14 nitrogen and oxygen atoms in total. The van der Waals surface area contributed by atoms with Crippen LogP contribution in [0, 0.1) is 7.14 Å². The van der Waals surface area contributed by atoms with E-state index in [9.17, 15) is 27.6 Å². The first-order valence-corrected chi connectivity index (χ1v) is 18.3. The van der Waals surface area contributed by atoms with Crippen LogP contribution in [-0.4, -0.2) is 108 Å². The average Bonchev–Trinajstić information content (AvgIpc) is 2.95. The van der Waals surface area contributed by atoms with Crippen LogP contribution in [0.25, 0.3) is 0 Å². The van der Waals surface area contributed by atoms with Crippen LogP contribution in [-0.2, 0) is 26.1 Å². The first kappa shape index (κ1) is 42.3. The number of halogens is 4. The highest BCUT2D eigenvalue weighted by atomic mass is 127. The number of urea groups is 1. The molecule has 1 aliphatic heterocycles. The molecule has 0 radical (unpaired) electrons. The highest BCUT2D eigenvalue weighted by Gasteiger charge is 2.37. The first-order valence-electron chi connectivity index (χ1n) is 14.7. The van der Waals surface area contributed by atoms with Gasteiger partial charge in [0.1, 0.15) is 17.0 Å². The molecule has 4 amide bonds. The molecular weight excluding hydrogens is 802 g/mol. The molecule has 278 valence electrons. The molecule has 19 heteroatoms. The van der Waals surface area contributed by atoms with E-state index >= 15 is 0 Å². The summed E-state index contributed by atoms with van der Waals surface area (Å²) in [6, 6.07) is 15.8. The summed E-state index contributed by atoms with van der Waals surface area (Å²) in [6.45, 7) is 10.8. The lowest BCUT2D eigenvalue weighted by atomic mass is 10.2. The number of amides is 4. The van der Waals surface area contributed by atoms with Gasteiger partial charge in [0.15, 0.2) is 17.3 Å². The summed E-state index contributed by atoms with van der Waals surface area (Å²) in [5.41, 5.74) is -6.42. The second-order valence-corrected chi connectivity index (χ2v) is 17.1. The fraction of sp³-hybridized carbons (Fsp3) is 0.484. The predicted molar refractivity (Wildman–Crippen MR) is 171 cm³/mol. The van der Waals surface area contributed by atoms with Gasteiger partial charge in [0, 0.05) is 14.1 Å². The minimum atomic E-state index is -6.09. The fourth-order valence-corrected chi connectivity index (χ4v) is 6.32. The third-order valence-electron chi connectivity index (χ3n) is 5.92. The molecule has 1 aliphatic rings. The Labute approximate surface area is 300 Å². The lowest BCUT2D eigenvalue weighted by molar-refractivity contribution is -0.597. The monoisotopic (exact) mass is 843 g/mol. The van der Waals surface area contributed by atoms with E-state index in [0.29, 0.717) is 0 Å². The Hall–Kier alpha value is -3.85. The van der Waals surface area contributed by atoms with E-state index in [1.54, 1.807) is 67.6 Å². The van der Waals surface area contributed by atoms with Crippen molar-refractivity contribution < 1.29 is 75.9 Å². The topological polar surface area (TPSA) is 161 Å². The van der Waals surface area contributed by atoms with E-state index in [0.717, 1.165) is 14.9 Å². The summed E-state index contributed by atoms with van der Waals surface area (Å²) < 4.78 is 77.8. The molecule has 0 spiro atoms. The van der Waals surface area contributed by atoms with E-state index in [1.165, 1.54) is 18.3 Å². The van der Waals surface area contributed by atoms with E-state index in [1.807, 2.05) is 24.3 Å². The number of hydrogen-bond acceptors (Lipinski definition) is 9. The number of carbonyl (C=O) groups is 3. The largest absolute Gasteiger partial charge is 0.741 e. The summed E-state index contributed by atoms with van der Waals surface area (Å²) in [5, 5.41) is 0. The highest BCUT2D eigenvalue weighted by Crippen LogP contribution is 2.21. The molecular formula is C31H41F3IN5O9S. The SMILES string of the molecule is COc1ccc([I+]c2cccc(CN(C(=O)OC(C)(C)C)C(=NC(=O)OC(C)(C)C)N3CN(C)C(=O)N(C)C3)c2)cc1.O=S(=O)([O-])C(F)(F)F. The standard InChI is InChI=1S/C30H41IN5O6.CHF3O3S/c1-29(2,3)41-26(37)32-25(35-19-33(7)27(38)34(8)20-35)36(28(39)42-30(4,5)6)18-21-11-10-12-23(17-21)31-22-13-15-24(40-9)16-14-22;2-1(3,4)8(5,6)7/h10-17H,18-20H2,1-9H3;(H,5,6,7)/q+1;/p-1. The summed E-state index contributed by atoms with van der Waals surface area (Å²) in [4.78, 5) is 49.4. The molecule has 0 saturated carbocycles. The molecule has 2 aromatic rings. The quantitative estimate of drug-likeness (QED) is 0.144. The van der Waals surface area contributed by atoms with Crippen LogP contribution >= 0.6 is 0 Å². The van der Waals surface area contributed by atoms with Crippen molar-refractivity contribution in [2.45, 2.75) is 64.8 Å². The van der Waals surface area contributed by atoms with E-state index in [2.05, 4.69) is 29.3 Å². The van der Waals surface area contributed by atoms with Gasteiger partial charge < -0.3 is 33.5 Å². The Morgan fingerprint density at radius 2 is 1.44 bits per heavy atom. The number of carbonyl (C=O) groups excluding carboxylic acids is 3. The van der Waals surface area contributed by atoms with Gasteiger partial charge in [-0.2, -0.15) is 13.2 Å². The lowest BCUT2D eigenvalue weighted by Gasteiger charge is -2.42. The third kappa shape index (κ3) is 13.8. The third-order valence-corrected chi connectivity index (χ3v) is 9.13. The number of alkyl halides is 3. The second kappa shape index (κ2) is 16.9. The number of rotatable bonds is 5. The summed E-state index contributed by atoms with van der Waals surface area (Å²) >= 11 is -0.503. The van der Waals surface area contributed by atoms with Gasteiger partial charge >= 0.3 is 44.9 Å². The second-order valence-electron chi connectivity index (χ2n) is 12.7. The molecule has 0 bridgehead atoms. The van der Waals surface area contributed by atoms with Crippen molar-refractivity contribution >= 4 is 34.3 Å². The molecule has 1 heterocycles. The molecule has 0 unspecified atom stereocenters. The Morgan fingerprint density at radius 3 is 1.90 bits per heavy atom. The van der Waals surface area contributed by atoms with Gasteiger partial charge in [-0.05, 0) is 83.5 Å². The van der Waals surface area contributed by atoms with Gasteiger partial charge in [-0.1, -0.05) is 12.1 Å². The van der Waals surface area contributed by atoms with Crippen molar-refractivity contribution in [3.8, 4) is 5.75 Å². The van der Waals surface area contributed by atoms with Gasteiger partial charge in [0.25, 0.3) is 0 Å². The maximum absolute atomic E-state index is 13.7. The molecule has 50 heavy (non-hydrogen) atoms. The van der Waals surface area contributed by atoms with Gasteiger partial charge in [-0.3, -0.25) is 0 Å². The van der Waals surface area contributed by atoms with Crippen molar-refractivity contribution in [1.82, 2.24) is 19.6 Å². The minimum Gasteiger partial charge on any atom is -0.741 e. The van der Waals surface area contributed by atoms with Crippen LogP contribution in [0.4, 0.5) is 27.6 Å². The van der Waals surface area contributed by atoms with Crippen molar-refractivity contribution in [1.29, 1.82) is 0 Å². The van der Waals surface area contributed by atoms with E-state index in [4.69, 9.17) is 27.2 Å². The maximum atomic E-state index is 13.7. The van der Waals surface area contributed by atoms with Gasteiger partial charge in [-0.15, -0.1) is 4.99 Å². The number of benzene rings is 2. The number of ether oxygens (including phenoxy) is 3. The maximum Gasteiger partial charge on any atom is 0.485 e. The molecule has 2 aromatic carbocycles. The zero-order chi connectivity index (χ0) is 38.2. The summed E-state index contributed by atoms with van der Waals surface area (Å²) in [6.07, 6.45) is -1.53. The normalized spacial score (nSPS) is 14.5. The number of hydrogen-bond donors (Lipinski definition) is 0. The highest BCUT2D eigenvalue weighted by molar-refractivity contribution is 7.86. The zero-order valence-electron chi connectivity index (χ0n) is 29.1. The zero-order valence-corrected chi connectivity index (χ0v) is 32.0. The van der Waals surface area contributed by atoms with Crippen LogP contribution in [0.15, 0.2) is 53.5 Å². The minimum absolute atomic E-state index is 0.0277. The Kier molecular flexibility index (Phi) is 14.3. The van der Waals surface area contributed by atoms with Crippen LogP contribution in [0.5, 0.6) is 5.75 Å². The molecule has 1 fully saturated rings. The molecule has 0 N–H and O–H groups in total. The molecule has 0 atom stereocenters. The smallest absolute Gasteiger partial charge is 0.485 e. The number of nitrogens with zero attached hydrogens (tertiary/aromatic N) is 5. The number of guanidine groups is 1. The lowest BCUT2D eigenvalue weighted by Crippen LogP contribution is -3.61. The van der Waals surface area contributed by atoms with Crippen molar-refractivity contribution in [3.05, 3.63) is 61.2 Å². The molecule has 0 aromatic heterocycles. The van der Waals surface area contributed by atoms with Gasteiger partial charge in [0.2, 0.25) is 5.96 Å². The first-order chi connectivity index (χ1) is 22.8. The molecule has 3 rings (SSSR count). The van der Waals surface area contributed by atoms with Gasteiger partial charge in [0.05, 0.1) is 27.0 Å². The number of aliphatic imine (C=N–C) groups is 1. The van der Waals surface area contributed by atoms with Crippen LogP contribution < -0.4 is 25.9 Å². The predicted octanol–water partition coefficient (Wildman–Crippen LogP) is 2.12. The number of methoxy groups -OCH3 is 1. The van der Waals surface area contributed by atoms with Crippen molar-refractivity contribution in [2.24, 2.45) is 4.99 Å².